The highest BCUT2D eigenvalue weighted by Crippen LogP contribution is 1.56. The van der Waals surface area contributed by atoms with Gasteiger partial charge in [0.05, 0.1) is 0 Å². The van der Waals surface area contributed by atoms with E-state index in [1.807, 2.05) is 0 Å². The van der Waals surface area contributed by atoms with Crippen molar-refractivity contribution < 1.29 is 4.79 Å². The zero-order valence-corrected chi connectivity index (χ0v) is 6.14. The summed E-state index contributed by atoms with van der Waals surface area (Å²) in [5, 5.41) is 0. The van der Waals surface area contributed by atoms with Crippen molar-refractivity contribution in [1.82, 2.24) is 4.90 Å². The van der Waals surface area contributed by atoms with Gasteiger partial charge in [0.2, 0.25) is 6.41 Å². The Morgan fingerprint density at radius 1 is 1.38 bits per heavy atom. The second-order valence-electron chi connectivity index (χ2n) is 1.78. The van der Waals surface area contributed by atoms with Crippen molar-refractivity contribution >= 4 is 6.41 Å². The van der Waals surface area contributed by atoms with Crippen LogP contribution < -0.4 is 0 Å². The van der Waals surface area contributed by atoms with E-state index in [4.69, 9.17) is 0 Å². The highest BCUT2D eigenvalue weighted by molar-refractivity contribution is 5.45. The zero-order chi connectivity index (χ0) is 6.99. The molecule has 2 nitrogen and oxygen atoms in total. The molecule has 0 bridgehead atoms. The van der Waals surface area contributed by atoms with E-state index in [0.717, 1.165) is 6.41 Å². The number of carbonyl (C=O) groups is 1. The van der Waals surface area contributed by atoms with Gasteiger partial charge >= 0.3 is 0 Å². The molecule has 2 heteroatoms. The van der Waals surface area contributed by atoms with Crippen LogP contribution in [0.25, 0.3) is 0 Å². The van der Waals surface area contributed by atoms with Crippen LogP contribution in [0.3, 0.4) is 0 Å². The summed E-state index contributed by atoms with van der Waals surface area (Å²) in [5.41, 5.74) is 0. The van der Waals surface area contributed by atoms with Crippen molar-refractivity contribution in [1.29, 1.82) is 0 Å². The molecule has 50 valence electrons. The molecule has 0 aliphatic carbocycles. The highest BCUT2D eigenvalue weighted by atomic mass is 16.1. The molecular weight excluding hydrogens is 102 g/mol. The molecule has 1 amide bonds. The summed E-state index contributed by atoms with van der Waals surface area (Å²) in [6, 6.07) is 0. The van der Waals surface area contributed by atoms with Crippen LogP contribution in [-0.4, -0.2) is 25.4 Å². The summed E-state index contributed by atoms with van der Waals surface area (Å²) in [6.07, 6.45) is 2.00. The molecule has 0 aromatic carbocycles. The van der Waals surface area contributed by atoms with Crippen LogP contribution in [0.4, 0.5) is 0 Å². The Morgan fingerprint density at radius 3 is 1.50 bits per heavy atom. The van der Waals surface area contributed by atoms with Gasteiger partial charge in [0, 0.05) is 14.1 Å². The lowest BCUT2D eigenvalue weighted by molar-refractivity contribution is -0.115. The fraction of sp³-hybridized carbons (Fsp3) is 0.833. The maximum Gasteiger partial charge on any atom is 0.209 e. The van der Waals surface area contributed by atoms with Crippen LogP contribution in [0.15, 0.2) is 0 Å². The number of nitrogens with zero attached hydrogens (tertiary/aromatic N) is 1. The number of hydrogen-bond donors (Lipinski definition) is 0. The van der Waals surface area contributed by atoms with Gasteiger partial charge in [0.25, 0.3) is 0 Å². The van der Waals surface area contributed by atoms with Crippen molar-refractivity contribution in [3.63, 3.8) is 0 Å². The predicted octanol–water partition coefficient (Wildman–Crippen LogP) is 1.12. The average Bonchev–Trinajstić information content (AvgIpc) is 1.69. The number of hydrogen-bond acceptors (Lipinski definition) is 1. The van der Waals surface area contributed by atoms with Crippen molar-refractivity contribution in [2.24, 2.45) is 0 Å². The van der Waals surface area contributed by atoms with E-state index in [9.17, 15) is 4.79 Å². The molecule has 0 saturated carbocycles. The molecule has 0 aliphatic heterocycles. The van der Waals surface area contributed by atoms with E-state index < -0.39 is 0 Å². The first-order chi connectivity index (χ1) is 3.68. The minimum atomic E-state index is 0.750. The fourth-order valence-corrected chi connectivity index (χ4v) is 0. The lowest BCUT2D eigenvalue weighted by Gasteiger charge is -1.93. The summed E-state index contributed by atoms with van der Waals surface area (Å²) in [7, 11) is 3.38. The van der Waals surface area contributed by atoms with Gasteiger partial charge in [0.15, 0.2) is 0 Å². The minimum absolute atomic E-state index is 0.750. The van der Waals surface area contributed by atoms with Crippen molar-refractivity contribution in [2.45, 2.75) is 20.3 Å². The Hall–Kier alpha value is -0.530. The quantitative estimate of drug-likeness (QED) is 0.471. The van der Waals surface area contributed by atoms with Crippen LogP contribution in [-0.2, 0) is 4.79 Å². The second-order valence-corrected chi connectivity index (χ2v) is 1.78. The van der Waals surface area contributed by atoms with E-state index in [-0.39, 0.29) is 0 Å². The lowest BCUT2D eigenvalue weighted by atomic mass is 10.6. The Bertz CT molecular complexity index is 43.8. The Morgan fingerprint density at radius 2 is 1.50 bits per heavy atom. The zero-order valence-electron chi connectivity index (χ0n) is 6.14. The summed E-state index contributed by atoms with van der Waals surface area (Å²) < 4.78 is 0. The average molecular weight is 117 g/mol. The third kappa shape index (κ3) is 50.6. The Labute approximate surface area is 51.5 Å². The van der Waals surface area contributed by atoms with Gasteiger partial charge in [0.1, 0.15) is 0 Å². The molecule has 0 saturated heterocycles. The number of carbonyl (C=O) groups excluding carboxylic acids is 1. The molecule has 0 fully saturated rings. The van der Waals surface area contributed by atoms with Gasteiger partial charge in [-0.2, -0.15) is 0 Å². The standard InChI is InChI=1S/C3H7NO.C3H8/c1-4(2)3-5;1-3-2/h3H,1-2H3;3H2,1-2H3. The monoisotopic (exact) mass is 117 g/mol. The maximum atomic E-state index is 9.43. The van der Waals surface area contributed by atoms with Crippen LogP contribution in [0, 0.1) is 0 Å². The number of rotatable bonds is 1. The van der Waals surface area contributed by atoms with E-state index in [2.05, 4.69) is 13.8 Å². The van der Waals surface area contributed by atoms with Crippen LogP contribution in [0.2, 0.25) is 0 Å². The molecule has 0 aromatic rings. The SMILES string of the molecule is CCC.CN(C)C=O. The van der Waals surface area contributed by atoms with E-state index in [0.29, 0.717) is 0 Å². The van der Waals surface area contributed by atoms with Gasteiger partial charge in [-0.3, -0.25) is 4.79 Å². The molecular formula is C6H15NO. The lowest BCUT2D eigenvalue weighted by Crippen LogP contribution is -2.06. The third-order valence-electron chi connectivity index (χ3n) is 0.211. The molecule has 0 rings (SSSR count). The minimum Gasteiger partial charge on any atom is -0.351 e. The smallest absolute Gasteiger partial charge is 0.209 e. The molecule has 0 aliphatic rings. The first-order valence-corrected chi connectivity index (χ1v) is 2.80. The topological polar surface area (TPSA) is 20.3 Å². The van der Waals surface area contributed by atoms with E-state index >= 15 is 0 Å². The van der Waals surface area contributed by atoms with Gasteiger partial charge in [-0.15, -0.1) is 0 Å². The second kappa shape index (κ2) is 9.69. The van der Waals surface area contributed by atoms with Crippen LogP contribution >= 0.6 is 0 Å². The molecule has 0 radical (unpaired) electrons. The number of amides is 1. The summed E-state index contributed by atoms with van der Waals surface area (Å²) >= 11 is 0. The van der Waals surface area contributed by atoms with E-state index in [1.165, 1.54) is 11.3 Å². The van der Waals surface area contributed by atoms with Crippen LogP contribution in [0.5, 0.6) is 0 Å². The first kappa shape index (κ1) is 10.5. The van der Waals surface area contributed by atoms with Crippen LogP contribution in [0.1, 0.15) is 20.3 Å². The molecule has 0 N–H and O–H groups in total. The Balaban J connectivity index is 0. The largest absolute Gasteiger partial charge is 0.351 e. The van der Waals surface area contributed by atoms with Crippen molar-refractivity contribution in [3.05, 3.63) is 0 Å². The third-order valence-corrected chi connectivity index (χ3v) is 0.211. The highest BCUT2D eigenvalue weighted by Gasteiger charge is 1.68. The molecule has 0 spiro atoms. The van der Waals surface area contributed by atoms with Gasteiger partial charge in [-0.1, -0.05) is 20.3 Å². The van der Waals surface area contributed by atoms with Crippen molar-refractivity contribution in [2.75, 3.05) is 14.1 Å². The van der Waals surface area contributed by atoms with Gasteiger partial charge in [-0.05, 0) is 0 Å². The first-order valence-electron chi connectivity index (χ1n) is 2.80. The van der Waals surface area contributed by atoms with Gasteiger partial charge < -0.3 is 4.90 Å². The summed E-state index contributed by atoms with van der Waals surface area (Å²) in [6.45, 7) is 4.25. The van der Waals surface area contributed by atoms with E-state index in [1.54, 1.807) is 14.1 Å². The molecule has 0 aromatic heterocycles. The van der Waals surface area contributed by atoms with Gasteiger partial charge in [-0.25, -0.2) is 0 Å². The predicted molar refractivity (Wildman–Crippen MR) is 35.7 cm³/mol. The summed E-state index contributed by atoms with van der Waals surface area (Å²) in [5.74, 6) is 0. The molecule has 0 atom stereocenters. The molecule has 0 unspecified atom stereocenters. The summed E-state index contributed by atoms with van der Waals surface area (Å²) in [4.78, 5) is 10.9. The maximum absolute atomic E-state index is 9.43. The fourth-order valence-electron chi connectivity index (χ4n) is 0. The normalized spacial score (nSPS) is 6.50. The molecule has 8 heavy (non-hydrogen) atoms. The van der Waals surface area contributed by atoms with Crippen molar-refractivity contribution in [3.8, 4) is 0 Å². The molecule has 0 heterocycles. The Kier molecular flexibility index (Phi) is 12.7.